The van der Waals surface area contributed by atoms with Gasteiger partial charge in [0.05, 0.1) is 17.1 Å². The van der Waals surface area contributed by atoms with Crippen LogP contribution in [0.1, 0.15) is 33.6 Å². The number of hydrogen-bond acceptors (Lipinski definition) is 5. The molecule has 0 unspecified atom stereocenters. The lowest BCUT2D eigenvalue weighted by Gasteiger charge is -2.26. The van der Waals surface area contributed by atoms with Gasteiger partial charge < -0.3 is 15.2 Å². The lowest BCUT2D eigenvalue weighted by molar-refractivity contribution is -0.385. The van der Waals surface area contributed by atoms with Gasteiger partial charge in [-0.2, -0.15) is 0 Å². The molecule has 0 atom stereocenters. The lowest BCUT2D eigenvalue weighted by Crippen LogP contribution is -2.35. The van der Waals surface area contributed by atoms with Crippen LogP contribution in [0.4, 0.5) is 11.4 Å². The van der Waals surface area contributed by atoms with E-state index in [2.05, 4.69) is 5.32 Å². The first kappa shape index (κ1) is 16.2. The van der Waals surface area contributed by atoms with Gasteiger partial charge in [0.25, 0.3) is 0 Å². The number of rotatable bonds is 8. The van der Waals surface area contributed by atoms with Crippen molar-refractivity contribution in [3.8, 4) is 5.75 Å². The van der Waals surface area contributed by atoms with Crippen molar-refractivity contribution < 1.29 is 14.8 Å². The molecule has 0 saturated heterocycles. The Balaban J connectivity index is 2.87. The second-order valence-corrected chi connectivity index (χ2v) is 4.66. The number of nitrogens with one attached hydrogen (secondary N) is 1. The van der Waals surface area contributed by atoms with Gasteiger partial charge in [-0.3, -0.25) is 10.1 Å². The van der Waals surface area contributed by atoms with Crippen molar-refractivity contribution in [2.45, 2.75) is 39.2 Å². The summed E-state index contributed by atoms with van der Waals surface area (Å²) in [5.74, 6) is 0.235. The Kier molecular flexibility index (Phi) is 5.76. The number of nitro benzene ring substituents is 1. The van der Waals surface area contributed by atoms with Gasteiger partial charge in [0, 0.05) is 24.4 Å². The Labute approximate surface area is 118 Å². The SMILES string of the molecule is CCOc1cc(NCC(O)(CC)CC)ccc1[N+](=O)[O-]. The summed E-state index contributed by atoms with van der Waals surface area (Å²) in [5.41, 5.74) is -0.133. The highest BCUT2D eigenvalue weighted by Gasteiger charge is 2.22. The van der Waals surface area contributed by atoms with E-state index in [-0.39, 0.29) is 11.4 Å². The Morgan fingerprint density at radius 2 is 2.00 bits per heavy atom. The summed E-state index contributed by atoms with van der Waals surface area (Å²) in [5, 5.41) is 24.2. The van der Waals surface area contributed by atoms with E-state index in [0.29, 0.717) is 31.7 Å². The molecule has 1 rings (SSSR count). The van der Waals surface area contributed by atoms with Crippen LogP contribution >= 0.6 is 0 Å². The van der Waals surface area contributed by atoms with E-state index < -0.39 is 10.5 Å². The zero-order valence-electron chi connectivity index (χ0n) is 12.2. The van der Waals surface area contributed by atoms with Crippen molar-refractivity contribution in [1.29, 1.82) is 0 Å². The minimum Gasteiger partial charge on any atom is -0.487 e. The first-order chi connectivity index (χ1) is 9.45. The minimum atomic E-state index is -0.770. The summed E-state index contributed by atoms with van der Waals surface area (Å²) in [6.45, 7) is 6.37. The molecule has 112 valence electrons. The van der Waals surface area contributed by atoms with Crippen LogP contribution in [0.5, 0.6) is 5.75 Å². The maximum atomic E-state index is 10.9. The van der Waals surface area contributed by atoms with Crippen molar-refractivity contribution in [2.24, 2.45) is 0 Å². The maximum Gasteiger partial charge on any atom is 0.311 e. The molecule has 1 aromatic carbocycles. The van der Waals surface area contributed by atoms with Gasteiger partial charge in [-0.15, -0.1) is 0 Å². The smallest absolute Gasteiger partial charge is 0.311 e. The van der Waals surface area contributed by atoms with Crippen LogP contribution in [0.25, 0.3) is 0 Å². The van der Waals surface area contributed by atoms with Gasteiger partial charge in [0.1, 0.15) is 0 Å². The van der Waals surface area contributed by atoms with E-state index in [0.717, 1.165) is 0 Å². The third-order valence-corrected chi connectivity index (χ3v) is 3.39. The molecule has 0 heterocycles. The number of anilines is 1. The predicted molar refractivity (Wildman–Crippen MR) is 78.3 cm³/mol. The van der Waals surface area contributed by atoms with Crippen LogP contribution in [-0.4, -0.2) is 28.8 Å². The van der Waals surface area contributed by atoms with E-state index in [9.17, 15) is 15.2 Å². The molecule has 0 saturated carbocycles. The fourth-order valence-corrected chi connectivity index (χ4v) is 1.81. The summed E-state index contributed by atoms with van der Waals surface area (Å²) in [4.78, 5) is 10.4. The van der Waals surface area contributed by atoms with Crippen LogP contribution in [0.3, 0.4) is 0 Å². The Hall–Kier alpha value is -1.82. The largest absolute Gasteiger partial charge is 0.487 e. The van der Waals surface area contributed by atoms with E-state index in [1.54, 1.807) is 19.1 Å². The molecule has 20 heavy (non-hydrogen) atoms. The van der Waals surface area contributed by atoms with Crippen LogP contribution in [0.15, 0.2) is 18.2 Å². The fraction of sp³-hybridized carbons (Fsp3) is 0.571. The summed E-state index contributed by atoms with van der Waals surface area (Å²) in [6, 6.07) is 4.62. The Morgan fingerprint density at radius 3 is 2.50 bits per heavy atom. The topological polar surface area (TPSA) is 84.6 Å². The molecule has 1 aromatic rings. The number of ether oxygens (including phenoxy) is 1. The molecule has 6 heteroatoms. The molecular formula is C14H22N2O4. The highest BCUT2D eigenvalue weighted by molar-refractivity contribution is 5.58. The zero-order chi connectivity index (χ0) is 15.2. The van der Waals surface area contributed by atoms with Crippen LogP contribution in [0, 0.1) is 10.1 Å². The average Bonchev–Trinajstić information content (AvgIpc) is 2.45. The molecular weight excluding hydrogens is 260 g/mol. The van der Waals surface area contributed by atoms with E-state index in [1.165, 1.54) is 6.07 Å². The molecule has 0 amide bonds. The van der Waals surface area contributed by atoms with E-state index >= 15 is 0 Å². The van der Waals surface area contributed by atoms with Gasteiger partial charge in [0.2, 0.25) is 0 Å². The van der Waals surface area contributed by atoms with Crippen LogP contribution in [-0.2, 0) is 0 Å². The monoisotopic (exact) mass is 282 g/mol. The van der Waals surface area contributed by atoms with Crippen molar-refractivity contribution in [3.05, 3.63) is 28.3 Å². The third kappa shape index (κ3) is 4.09. The molecule has 0 aliphatic carbocycles. The molecule has 0 radical (unpaired) electrons. The summed E-state index contributed by atoms with van der Waals surface area (Å²) in [7, 11) is 0. The zero-order valence-corrected chi connectivity index (χ0v) is 12.2. The fourth-order valence-electron chi connectivity index (χ4n) is 1.81. The van der Waals surface area contributed by atoms with Gasteiger partial charge in [-0.25, -0.2) is 0 Å². The Bertz CT molecular complexity index is 458. The van der Waals surface area contributed by atoms with Crippen molar-refractivity contribution >= 4 is 11.4 Å². The molecule has 6 nitrogen and oxygen atoms in total. The molecule has 2 N–H and O–H groups in total. The normalized spacial score (nSPS) is 11.2. The quantitative estimate of drug-likeness (QED) is 0.565. The minimum absolute atomic E-state index is 0.0568. The molecule has 0 aromatic heterocycles. The molecule has 0 fully saturated rings. The number of nitrogens with zero attached hydrogens (tertiary/aromatic N) is 1. The number of nitro groups is 1. The second kappa shape index (κ2) is 7.09. The number of hydrogen-bond donors (Lipinski definition) is 2. The van der Waals surface area contributed by atoms with Gasteiger partial charge in [0.15, 0.2) is 5.75 Å². The first-order valence-electron chi connectivity index (χ1n) is 6.83. The average molecular weight is 282 g/mol. The van der Waals surface area contributed by atoms with Crippen molar-refractivity contribution in [3.63, 3.8) is 0 Å². The van der Waals surface area contributed by atoms with Crippen LogP contribution in [0.2, 0.25) is 0 Å². The van der Waals surface area contributed by atoms with Crippen molar-refractivity contribution in [1.82, 2.24) is 0 Å². The van der Waals surface area contributed by atoms with Gasteiger partial charge in [-0.1, -0.05) is 13.8 Å². The standard InChI is InChI=1S/C14H22N2O4/c1-4-14(17,5-2)10-15-11-7-8-12(16(18)19)13(9-11)20-6-3/h7-9,15,17H,4-6,10H2,1-3H3. The molecule has 0 aliphatic rings. The summed E-state index contributed by atoms with van der Waals surface area (Å²) in [6.07, 6.45) is 1.28. The van der Waals surface area contributed by atoms with Crippen molar-refractivity contribution in [2.75, 3.05) is 18.5 Å². The molecule has 0 aliphatic heterocycles. The number of aliphatic hydroxyl groups is 1. The van der Waals surface area contributed by atoms with E-state index in [1.807, 2.05) is 13.8 Å². The van der Waals surface area contributed by atoms with Gasteiger partial charge >= 0.3 is 5.69 Å². The molecule has 0 spiro atoms. The maximum absolute atomic E-state index is 10.9. The molecule has 0 bridgehead atoms. The van der Waals surface area contributed by atoms with Crippen LogP contribution < -0.4 is 10.1 Å². The summed E-state index contributed by atoms with van der Waals surface area (Å²) < 4.78 is 5.28. The third-order valence-electron chi connectivity index (χ3n) is 3.39. The first-order valence-corrected chi connectivity index (χ1v) is 6.83. The van der Waals surface area contributed by atoms with Gasteiger partial charge in [-0.05, 0) is 25.8 Å². The highest BCUT2D eigenvalue weighted by Crippen LogP contribution is 2.30. The van der Waals surface area contributed by atoms with E-state index in [4.69, 9.17) is 4.74 Å². The number of benzene rings is 1. The Morgan fingerprint density at radius 1 is 1.35 bits per heavy atom. The predicted octanol–water partition coefficient (Wildman–Crippen LogP) is 2.96. The lowest BCUT2D eigenvalue weighted by atomic mass is 9.97. The highest BCUT2D eigenvalue weighted by atomic mass is 16.6. The summed E-state index contributed by atoms with van der Waals surface area (Å²) >= 11 is 0. The second-order valence-electron chi connectivity index (χ2n) is 4.66.